The van der Waals surface area contributed by atoms with E-state index in [9.17, 15) is 4.79 Å². The van der Waals surface area contributed by atoms with E-state index in [0.717, 1.165) is 22.6 Å². The molecule has 1 heterocycles. The predicted molar refractivity (Wildman–Crippen MR) is 87.4 cm³/mol. The van der Waals surface area contributed by atoms with E-state index in [1.807, 2.05) is 19.9 Å². The quantitative estimate of drug-likeness (QED) is 0.501. The summed E-state index contributed by atoms with van der Waals surface area (Å²) in [6, 6.07) is 10.3. The number of aromatic nitrogens is 1. The third-order valence-electron chi connectivity index (χ3n) is 3.60. The number of hydrogen-bond acceptors (Lipinski definition) is 2. The van der Waals surface area contributed by atoms with Gasteiger partial charge in [-0.2, -0.15) is 0 Å². The fourth-order valence-electron chi connectivity index (χ4n) is 2.52. The number of Topliss-reactive ketones (excluding diaryl/α,β-unsaturated/α-hetero) is 1. The molecule has 2 rings (SSSR count). The number of nitrogens with zero attached hydrogens (tertiary/aromatic N) is 1. The van der Waals surface area contributed by atoms with Crippen molar-refractivity contribution in [2.24, 2.45) is 0 Å². The highest BCUT2D eigenvalue weighted by atomic mass is 16.1. The number of benzene rings is 1. The van der Waals surface area contributed by atoms with Gasteiger partial charge in [0.25, 0.3) is 0 Å². The highest BCUT2D eigenvalue weighted by Gasteiger charge is 2.16. The summed E-state index contributed by atoms with van der Waals surface area (Å²) in [5.41, 5.74) is 5.16. The Morgan fingerprint density at radius 3 is 2.52 bits per heavy atom. The Labute approximate surface area is 126 Å². The smallest absolute Gasteiger partial charge is 0.178 e. The maximum absolute atomic E-state index is 12.3. The molecule has 0 aliphatic heterocycles. The van der Waals surface area contributed by atoms with Gasteiger partial charge in [0.2, 0.25) is 0 Å². The van der Waals surface area contributed by atoms with E-state index in [4.69, 9.17) is 0 Å². The van der Waals surface area contributed by atoms with Crippen LogP contribution in [0.25, 0.3) is 5.69 Å². The molecule has 0 spiro atoms. The topological polar surface area (TPSA) is 34.0 Å². The van der Waals surface area contributed by atoms with Crippen molar-refractivity contribution in [2.75, 3.05) is 13.1 Å². The van der Waals surface area contributed by atoms with E-state index in [-0.39, 0.29) is 5.78 Å². The molecule has 0 aliphatic carbocycles. The van der Waals surface area contributed by atoms with Gasteiger partial charge < -0.3 is 9.88 Å². The lowest BCUT2D eigenvalue weighted by Crippen LogP contribution is -2.23. The molecule has 1 N–H and O–H groups in total. The second-order valence-corrected chi connectivity index (χ2v) is 5.30. The number of ketones is 1. The molecule has 1 aromatic heterocycles. The van der Waals surface area contributed by atoms with Crippen molar-refractivity contribution in [1.82, 2.24) is 9.88 Å². The Bertz CT molecular complexity index is 651. The van der Waals surface area contributed by atoms with E-state index < -0.39 is 0 Å². The molecule has 3 nitrogen and oxygen atoms in total. The van der Waals surface area contributed by atoms with Crippen LogP contribution in [0.4, 0.5) is 0 Å². The van der Waals surface area contributed by atoms with Crippen molar-refractivity contribution in [3.63, 3.8) is 0 Å². The Kier molecular flexibility index (Phi) is 4.76. The van der Waals surface area contributed by atoms with Crippen molar-refractivity contribution < 1.29 is 4.79 Å². The first-order chi connectivity index (χ1) is 10.0. The molecule has 110 valence electrons. The second kappa shape index (κ2) is 6.55. The third kappa shape index (κ3) is 3.31. The summed E-state index contributed by atoms with van der Waals surface area (Å²) < 4.78 is 2.13. The molecule has 0 amide bonds. The third-order valence-corrected chi connectivity index (χ3v) is 3.60. The van der Waals surface area contributed by atoms with Crippen molar-refractivity contribution in [1.29, 1.82) is 0 Å². The van der Waals surface area contributed by atoms with Crippen LogP contribution in [-0.2, 0) is 0 Å². The first kappa shape index (κ1) is 15.3. The second-order valence-electron chi connectivity index (χ2n) is 5.30. The van der Waals surface area contributed by atoms with E-state index in [2.05, 4.69) is 47.7 Å². The summed E-state index contributed by atoms with van der Waals surface area (Å²) in [6.07, 6.45) is 1.75. The summed E-state index contributed by atoms with van der Waals surface area (Å²) in [4.78, 5) is 12.3. The maximum Gasteiger partial charge on any atom is 0.178 e. The number of carbonyl (C=O) groups is 1. The Balaban J connectivity index is 2.31. The zero-order valence-corrected chi connectivity index (χ0v) is 12.9. The van der Waals surface area contributed by atoms with Crippen LogP contribution in [0.5, 0.6) is 0 Å². The molecular formula is C18H22N2O. The minimum Gasteiger partial charge on any atom is -0.318 e. The summed E-state index contributed by atoms with van der Waals surface area (Å²) in [6.45, 7) is 10.7. The fraction of sp³-hybridized carbons (Fsp3) is 0.278. The number of aryl methyl sites for hydroxylation is 2. The van der Waals surface area contributed by atoms with E-state index >= 15 is 0 Å². The molecular weight excluding hydrogens is 260 g/mol. The van der Waals surface area contributed by atoms with Crippen LogP contribution in [0.3, 0.4) is 0 Å². The van der Waals surface area contributed by atoms with Crippen LogP contribution in [-0.4, -0.2) is 23.4 Å². The van der Waals surface area contributed by atoms with Gasteiger partial charge in [0.05, 0.1) is 6.54 Å². The maximum atomic E-state index is 12.3. The molecule has 0 aliphatic rings. The van der Waals surface area contributed by atoms with Crippen molar-refractivity contribution in [3.05, 3.63) is 65.5 Å². The zero-order chi connectivity index (χ0) is 15.4. The van der Waals surface area contributed by atoms with Crippen LogP contribution in [0, 0.1) is 20.8 Å². The van der Waals surface area contributed by atoms with Crippen molar-refractivity contribution >= 4 is 5.78 Å². The highest BCUT2D eigenvalue weighted by molar-refractivity contribution is 5.99. The standard InChI is InChI=1S/C18H22N2O/c1-5-10-19-12-18(21)17-11-14(3)20(15(17)4)16-8-6-13(2)7-9-16/h5-9,11,19H,1,10,12H2,2-4H3. The van der Waals surface area contributed by atoms with Gasteiger partial charge in [-0.3, -0.25) is 4.79 Å². The van der Waals surface area contributed by atoms with Crippen molar-refractivity contribution in [3.8, 4) is 5.69 Å². The molecule has 0 bridgehead atoms. The molecule has 0 radical (unpaired) electrons. The van der Waals surface area contributed by atoms with Gasteiger partial charge in [0.1, 0.15) is 0 Å². The van der Waals surface area contributed by atoms with Crippen molar-refractivity contribution in [2.45, 2.75) is 20.8 Å². The first-order valence-corrected chi connectivity index (χ1v) is 7.15. The van der Waals surface area contributed by atoms with Gasteiger partial charge in [0, 0.05) is 29.2 Å². The molecule has 3 heteroatoms. The molecule has 21 heavy (non-hydrogen) atoms. The lowest BCUT2D eigenvalue weighted by molar-refractivity contribution is 0.0992. The number of carbonyl (C=O) groups excluding carboxylic acids is 1. The highest BCUT2D eigenvalue weighted by Crippen LogP contribution is 2.21. The Hall–Kier alpha value is -2.13. The van der Waals surface area contributed by atoms with E-state index in [1.165, 1.54) is 5.56 Å². The van der Waals surface area contributed by atoms with Gasteiger partial charge >= 0.3 is 0 Å². The van der Waals surface area contributed by atoms with Crippen LogP contribution in [0.15, 0.2) is 43.0 Å². The van der Waals surface area contributed by atoms with E-state index in [0.29, 0.717) is 13.1 Å². The summed E-state index contributed by atoms with van der Waals surface area (Å²) in [7, 11) is 0. The SMILES string of the molecule is C=CCNCC(=O)c1cc(C)n(-c2ccc(C)cc2)c1C. The van der Waals surface area contributed by atoms with Crippen LogP contribution in [0.2, 0.25) is 0 Å². The zero-order valence-electron chi connectivity index (χ0n) is 12.9. The fourth-order valence-corrected chi connectivity index (χ4v) is 2.52. The molecule has 0 saturated heterocycles. The summed E-state index contributed by atoms with van der Waals surface area (Å²) in [5.74, 6) is 0.114. The van der Waals surface area contributed by atoms with Gasteiger partial charge in [0.15, 0.2) is 5.78 Å². The normalized spacial score (nSPS) is 10.6. The molecule has 0 unspecified atom stereocenters. The minimum absolute atomic E-state index is 0.114. The molecule has 2 aromatic rings. The van der Waals surface area contributed by atoms with Gasteiger partial charge in [-0.05, 0) is 39.0 Å². The largest absolute Gasteiger partial charge is 0.318 e. The lowest BCUT2D eigenvalue weighted by atomic mass is 10.1. The number of hydrogen-bond donors (Lipinski definition) is 1. The van der Waals surface area contributed by atoms with Gasteiger partial charge in [-0.1, -0.05) is 23.8 Å². The molecule has 0 saturated carbocycles. The Morgan fingerprint density at radius 1 is 1.24 bits per heavy atom. The van der Waals surface area contributed by atoms with E-state index in [1.54, 1.807) is 6.08 Å². The monoisotopic (exact) mass is 282 g/mol. The average Bonchev–Trinajstić information content (AvgIpc) is 2.76. The van der Waals surface area contributed by atoms with Gasteiger partial charge in [-0.15, -0.1) is 6.58 Å². The lowest BCUT2D eigenvalue weighted by Gasteiger charge is -2.10. The number of nitrogens with one attached hydrogen (secondary N) is 1. The Morgan fingerprint density at radius 2 is 1.90 bits per heavy atom. The number of rotatable bonds is 6. The van der Waals surface area contributed by atoms with Gasteiger partial charge in [-0.25, -0.2) is 0 Å². The predicted octanol–water partition coefficient (Wildman–Crippen LogP) is 3.36. The molecule has 1 aromatic carbocycles. The van der Waals surface area contributed by atoms with Crippen LogP contribution < -0.4 is 5.32 Å². The molecule has 0 atom stereocenters. The van der Waals surface area contributed by atoms with Crippen LogP contribution in [0.1, 0.15) is 27.3 Å². The molecule has 0 fully saturated rings. The summed E-state index contributed by atoms with van der Waals surface area (Å²) >= 11 is 0. The average molecular weight is 282 g/mol. The first-order valence-electron chi connectivity index (χ1n) is 7.15. The summed E-state index contributed by atoms with van der Waals surface area (Å²) in [5, 5.41) is 3.06. The van der Waals surface area contributed by atoms with Crippen LogP contribution >= 0.6 is 0 Å². The minimum atomic E-state index is 0.114.